The first kappa shape index (κ1) is 12.4. The lowest BCUT2D eigenvalue weighted by molar-refractivity contribution is -0.141. The zero-order valence-corrected chi connectivity index (χ0v) is 9.24. The second kappa shape index (κ2) is 5.44. The van der Waals surface area contributed by atoms with Gasteiger partial charge < -0.3 is 20.5 Å². The van der Waals surface area contributed by atoms with E-state index in [1.807, 2.05) is 0 Å². The van der Waals surface area contributed by atoms with E-state index in [0.717, 1.165) is 19.3 Å². The van der Waals surface area contributed by atoms with E-state index in [2.05, 4.69) is 0 Å². The first-order valence-corrected chi connectivity index (χ1v) is 5.32. The predicted octanol–water partition coefficient (Wildman–Crippen LogP) is -0.665. The van der Waals surface area contributed by atoms with Gasteiger partial charge in [0.25, 0.3) is 0 Å². The number of hydrogen-bond acceptors (Lipinski definition) is 4. The van der Waals surface area contributed by atoms with Crippen molar-refractivity contribution in [2.75, 3.05) is 33.4 Å². The Hall–Kier alpha value is -0.650. The first-order chi connectivity index (χ1) is 7.14. The average Bonchev–Trinajstić information content (AvgIpc) is 2.19. The van der Waals surface area contributed by atoms with Gasteiger partial charge in [-0.15, -0.1) is 0 Å². The van der Waals surface area contributed by atoms with Gasteiger partial charge in [0.05, 0.1) is 18.8 Å². The van der Waals surface area contributed by atoms with E-state index in [4.69, 9.17) is 15.6 Å². The Balaban J connectivity index is 2.50. The van der Waals surface area contributed by atoms with Gasteiger partial charge in [0.1, 0.15) is 0 Å². The molecule has 0 heterocycles. The van der Waals surface area contributed by atoms with E-state index in [-0.39, 0.29) is 12.5 Å². The number of hydrogen-bond donors (Lipinski definition) is 2. The molecule has 0 bridgehead atoms. The lowest BCUT2D eigenvalue weighted by Gasteiger charge is -2.40. The zero-order chi connectivity index (χ0) is 11.3. The molecule has 1 fully saturated rings. The number of rotatable bonds is 6. The predicted molar refractivity (Wildman–Crippen MR) is 56.3 cm³/mol. The van der Waals surface area contributed by atoms with Gasteiger partial charge in [-0.3, -0.25) is 4.79 Å². The van der Waals surface area contributed by atoms with Crippen LogP contribution in [0.3, 0.4) is 0 Å². The van der Waals surface area contributed by atoms with Gasteiger partial charge in [-0.25, -0.2) is 0 Å². The summed E-state index contributed by atoms with van der Waals surface area (Å²) in [4.78, 5) is 13.6. The molecule has 0 aromatic rings. The molecule has 0 spiro atoms. The molecule has 1 aliphatic carbocycles. The van der Waals surface area contributed by atoms with Gasteiger partial charge in [-0.05, 0) is 19.3 Å². The van der Waals surface area contributed by atoms with Gasteiger partial charge in [0.15, 0.2) is 0 Å². The van der Waals surface area contributed by atoms with Crippen molar-refractivity contribution in [2.24, 2.45) is 5.73 Å². The minimum absolute atomic E-state index is 0.0362. The highest BCUT2D eigenvalue weighted by Crippen LogP contribution is 2.30. The van der Waals surface area contributed by atoms with Crippen LogP contribution in [0.1, 0.15) is 19.3 Å². The molecule has 0 saturated heterocycles. The number of ether oxygens (including phenoxy) is 1. The van der Waals surface area contributed by atoms with Gasteiger partial charge in [0, 0.05) is 20.2 Å². The van der Waals surface area contributed by atoms with Crippen LogP contribution in [0.5, 0.6) is 0 Å². The smallest absolute Gasteiger partial charge is 0.242 e. The summed E-state index contributed by atoms with van der Waals surface area (Å²) < 4.78 is 4.92. The van der Waals surface area contributed by atoms with E-state index in [1.54, 1.807) is 12.0 Å². The van der Waals surface area contributed by atoms with Crippen LogP contribution in [0.25, 0.3) is 0 Å². The van der Waals surface area contributed by atoms with Crippen molar-refractivity contribution >= 4 is 5.91 Å². The molecule has 1 saturated carbocycles. The number of methoxy groups -OCH3 is 1. The fourth-order valence-electron chi connectivity index (χ4n) is 1.72. The Morgan fingerprint density at radius 1 is 1.53 bits per heavy atom. The molecule has 0 aliphatic heterocycles. The maximum Gasteiger partial charge on any atom is 0.242 e. The summed E-state index contributed by atoms with van der Waals surface area (Å²) in [7, 11) is 1.59. The molecule has 5 heteroatoms. The van der Waals surface area contributed by atoms with Crippen LogP contribution in [0.2, 0.25) is 0 Å². The van der Waals surface area contributed by atoms with Crippen molar-refractivity contribution in [3.63, 3.8) is 0 Å². The van der Waals surface area contributed by atoms with E-state index < -0.39 is 5.54 Å². The number of aliphatic hydroxyl groups is 1. The van der Waals surface area contributed by atoms with Crippen molar-refractivity contribution in [3.8, 4) is 0 Å². The SMILES string of the molecule is COCCN(CCO)C(=O)C1(N)CCC1. The summed E-state index contributed by atoms with van der Waals surface area (Å²) in [5.74, 6) is -0.0557. The van der Waals surface area contributed by atoms with Gasteiger partial charge in [-0.1, -0.05) is 0 Å². The van der Waals surface area contributed by atoms with Crippen molar-refractivity contribution in [2.45, 2.75) is 24.8 Å². The molecule has 0 radical (unpaired) electrons. The van der Waals surface area contributed by atoms with Crippen LogP contribution in [-0.2, 0) is 9.53 Å². The van der Waals surface area contributed by atoms with Crippen LogP contribution >= 0.6 is 0 Å². The van der Waals surface area contributed by atoms with Crippen LogP contribution in [0, 0.1) is 0 Å². The van der Waals surface area contributed by atoms with Crippen molar-refractivity contribution in [1.82, 2.24) is 4.90 Å². The second-order valence-corrected chi connectivity index (χ2v) is 4.02. The van der Waals surface area contributed by atoms with E-state index in [9.17, 15) is 4.79 Å². The molecule has 1 amide bonds. The minimum atomic E-state index is -0.678. The Bertz CT molecular complexity index is 217. The molecule has 1 aliphatic rings. The van der Waals surface area contributed by atoms with Crippen LogP contribution in [-0.4, -0.2) is 54.9 Å². The summed E-state index contributed by atoms with van der Waals surface area (Å²) in [6.45, 7) is 1.27. The first-order valence-electron chi connectivity index (χ1n) is 5.32. The summed E-state index contributed by atoms with van der Waals surface area (Å²) >= 11 is 0. The van der Waals surface area contributed by atoms with E-state index in [1.165, 1.54) is 0 Å². The van der Waals surface area contributed by atoms with E-state index >= 15 is 0 Å². The minimum Gasteiger partial charge on any atom is -0.395 e. The number of amides is 1. The maximum absolute atomic E-state index is 12.0. The molecule has 5 nitrogen and oxygen atoms in total. The van der Waals surface area contributed by atoms with Crippen LogP contribution < -0.4 is 5.73 Å². The topological polar surface area (TPSA) is 75.8 Å². The molecule has 3 N–H and O–H groups in total. The lowest BCUT2D eigenvalue weighted by Crippen LogP contribution is -2.60. The Morgan fingerprint density at radius 2 is 2.20 bits per heavy atom. The van der Waals surface area contributed by atoms with Gasteiger partial charge in [0.2, 0.25) is 5.91 Å². The average molecular weight is 216 g/mol. The molecule has 0 atom stereocenters. The number of nitrogens with zero attached hydrogens (tertiary/aromatic N) is 1. The maximum atomic E-state index is 12.0. The van der Waals surface area contributed by atoms with Gasteiger partial charge >= 0.3 is 0 Å². The van der Waals surface area contributed by atoms with Crippen molar-refractivity contribution in [3.05, 3.63) is 0 Å². The third-order valence-corrected chi connectivity index (χ3v) is 2.89. The summed E-state index contributed by atoms with van der Waals surface area (Å²) in [5, 5.41) is 8.87. The van der Waals surface area contributed by atoms with Crippen LogP contribution in [0.15, 0.2) is 0 Å². The molecule has 88 valence electrons. The van der Waals surface area contributed by atoms with Crippen molar-refractivity contribution in [1.29, 1.82) is 0 Å². The lowest BCUT2D eigenvalue weighted by atomic mass is 9.76. The third kappa shape index (κ3) is 2.90. The number of aliphatic hydroxyl groups excluding tert-OH is 1. The second-order valence-electron chi connectivity index (χ2n) is 4.02. The molecular formula is C10H20N2O3. The highest BCUT2D eigenvalue weighted by atomic mass is 16.5. The normalized spacial score (nSPS) is 18.3. The summed E-state index contributed by atoms with van der Waals surface area (Å²) in [5.41, 5.74) is 5.26. The highest BCUT2D eigenvalue weighted by Gasteiger charge is 2.42. The fourth-order valence-corrected chi connectivity index (χ4v) is 1.72. The molecule has 15 heavy (non-hydrogen) atoms. The monoisotopic (exact) mass is 216 g/mol. The highest BCUT2D eigenvalue weighted by molar-refractivity contribution is 5.87. The van der Waals surface area contributed by atoms with Crippen LogP contribution in [0.4, 0.5) is 0 Å². The van der Waals surface area contributed by atoms with E-state index in [0.29, 0.717) is 19.7 Å². The molecule has 0 aromatic carbocycles. The molecule has 0 unspecified atom stereocenters. The van der Waals surface area contributed by atoms with Gasteiger partial charge in [-0.2, -0.15) is 0 Å². The Morgan fingerprint density at radius 3 is 2.60 bits per heavy atom. The number of carbonyl (C=O) groups is 1. The number of carbonyl (C=O) groups excluding carboxylic acids is 1. The summed E-state index contributed by atoms with van der Waals surface area (Å²) in [6, 6.07) is 0. The van der Waals surface area contributed by atoms with Crippen molar-refractivity contribution < 1.29 is 14.6 Å². The third-order valence-electron chi connectivity index (χ3n) is 2.89. The molecular weight excluding hydrogens is 196 g/mol. The standard InChI is InChI=1S/C10H20N2O3/c1-15-8-6-12(5-7-13)9(14)10(11)3-2-4-10/h13H,2-8,11H2,1H3. The largest absolute Gasteiger partial charge is 0.395 e. The zero-order valence-electron chi connectivity index (χ0n) is 9.24. The Kier molecular flexibility index (Phi) is 4.50. The molecule has 1 rings (SSSR count). The quantitative estimate of drug-likeness (QED) is 0.618. The summed E-state index contributed by atoms with van der Waals surface area (Å²) in [6.07, 6.45) is 2.51. The molecule has 0 aromatic heterocycles. The number of nitrogens with two attached hydrogens (primary N) is 1. The Labute approximate surface area is 90.2 Å². The fraction of sp³-hybridized carbons (Fsp3) is 0.900.